The van der Waals surface area contributed by atoms with Gasteiger partial charge < -0.3 is 10.6 Å². The van der Waals surface area contributed by atoms with Crippen LogP contribution in [0.3, 0.4) is 0 Å². The molecule has 2 amide bonds. The fourth-order valence-electron chi connectivity index (χ4n) is 1.53. The third-order valence-corrected chi connectivity index (χ3v) is 2.45. The van der Waals surface area contributed by atoms with E-state index in [0.717, 1.165) is 10.9 Å². The lowest BCUT2D eigenvalue weighted by molar-refractivity contribution is 0.252. The summed E-state index contributed by atoms with van der Waals surface area (Å²) in [5, 5.41) is 6.37. The number of hydrogen-bond acceptors (Lipinski definition) is 2. The minimum atomic E-state index is -0.274. The van der Waals surface area contributed by atoms with Gasteiger partial charge in [0.1, 0.15) is 0 Å². The monoisotopic (exact) mass is 249 g/mol. The van der Waals surface area contributed by atoms with Gasteiger partial charge in [-0.05, 0) is 12.1 Å². The van der Waals surface area contributed by atoms with Crippen molar-refractivity contribution in [2.24, 2.45) is 0 Å². The van der Waals surface area contributed by atoms with E-state index in [0.29, 0.717) is 18.1 Å². The van der Waals surface area contributed by atoms with Crippen molar-refractivity contribution in [1.29, 1.82) is 0 Å². The van der Waals surface area contributed by atoms with Crippen molar-refractivity contribution >= 4 is 34.2 Å². The van der Waals surface area contributed by atoms with Crippen molar-refractivity contribution in [2.75, 3.05) is 17.7 Å². The molecule has 4 nitrogen and oxygen atoms in total. The second-order valence-electron chi connectivity index (χ2n) is 3.45. The van der Waals surface area contributed by atoms with Gasteiger partial charge in [-0.15, -0.1) is 11.6 Å². The van der Waals surface area contributed by atoms with Crippen LogP contribution in [0.1, 0.15) is 0 Å². The van der Waals surface area contributed by atoms with E-state index in [9.17, 15) is 4.79 Å². The molecule has 0 saturated heterocycles. The molecule has 17 heavy (non-hydrogen) atoms. The summed E-state index contributed by atoms with van der Waals surface area (Å²) in [6.45, 7) is 0.436. The van der Waals surface area contributed by atoms with E-state index in [4.69, 9.17) is 11.6 Å². The van der Waals surface area contributed by atoms with Crippen LogP contribution in [0.25, 0.3) is 10.9 Å². The molecule has 0 spiro atoms. The molecule has 0 bridgehead atoms. The second-order valence-corrected chi connectivity index (χ2v) is 3.83. The number of benzene rings is 1. The molecular weight excluding hydrogens is 238 g/mol. The number of rotatable bonds is 3. The van der Waals surface area contributed by atoms with Gasteiger partial charge in [-0.25, -0.2) is 4.79 Å². The second kappa shape index (κ2) is 5.50. The van der Waals surface area contributed by atoms with Gasteiger partial charge in [0.15, 0.2) is 0 Å². The summed E-state index contributed by atoms with van der Waals surface area (Å²) in [6, 6.07) is 9.17. The lowest BCUT2D eigenvalue weighted by atomic mass is 10.2. The number of pyridine rings is 1. The van der Waals surface area contributed by atoms with Crippen molar-refractivity contribution in [2.45, 2.75) is 0 Å². The molecule has 0 atom stereocenters. The zero-order chi connectivity index (χ0) is 12.1. The first-order valence-electron chi connectivity index (χ1n) is 5.26. The van der Waals surface area contributed by atoms with Gasteiger partial charge in [-0.2, -0.15) is 0 Å². The van der Waals surface area contributed by atoms with Crippen LogP contribution >= 0.6 is 11.6 Å². The Hall–Kier alpha value is -1.81. The standard InChI is InChI=1S/C12H12ClN3O/c13-6-8-15-12(17)16-10-5-1-3-9-4-2-7-14-11(9)10/h1-5,7H,6,8H2,(H2,15,16,17). The topological polar surface area (TPSA) is 54.0 Å². The van der Waals surface area contributed by atoms with Gasteiger partial charge in [0.25, 0.3) is 0 Å². The summed E-state index contributed by atoms with van der Waals surface area (Å²) in [6.07, 6.45) is 1.70. The van der Waals surface area contributed by atoms with Gasteiger partial charge in [-0.3, -0.25) is 4.98 Å². The first-order chi connectivity index (χ1) is 8.31. The number of halogens is 1. The van der Waals surface area contributed by atoms with E-state index in [2.05, 4.69) is 15.6 Å². The Bertz CT molecular complexity index is 525. The van der Waals surface area contributed by atoms with E-state index >= 15 is 0 Å². The lowest BCUT2D eigenvalue weighted by Gasteiger charge is -2.08. The Morgan fingerprint density at radius 3 is 2.94 bits per heavy atom. The van der Waals surface area contributed by atoms with Crippen molar-refractivity contribution in [3.63, 3.8) is 0 Å². The molecule has 0 aliphatic rings. The van der Waals surface area contributed by atoms with Crippen LogP contribution in [-0.4, -0.2) is 23.4 Å². The summed E-state index contributed by atoms with van der Waals surface area (Å²) >= 11 is 5.49. The Balaban J connectivity index is 2.21. The van der Waals surface area contributed by atoms with Crippen LogP contribution in [0.2, 0.25) is 0 Å². The highest BCUT2D eigenvalue weighted by Gasteiger charge is 2.04. The van der Waals surface area contributed by atoms with Crippen LogP contribution in [0.15, 0.2) is 36.5 Å². The van der Waals surface area contributed by atoms with Crippen LogP contribution in [-0.2, 0) is 0 Å². The van der Waals surface area contributed by atoms with Crippen molar-refractivity contribution in [1.82, 2.24) is 10.3 Å². The first-order valence-corrected chi connectivity index (χ1v) is 5.79. The molecular formula is C12H12ClN3O. The SMILES string of the molecule is O=C(NCCCl)Nc1cccc2cccnc12. The highest BCUT2D eigenvalue weighted by molar-refractivity contribution is 6.18. The fourth-order valence-corrected chi connectivity index (χ4v) is 1.63. The summed E-state index contributed by atoms with van der Waals surface area (Å²) in [5.41, 5.74) is 1.46. The van der Waals surface area contributed by atoms with E-state index in [1.807, 2.05) is 30.3 Å². The Morgan fingerprint density at radius 2 is 2.12 bits per heavy atom. The molecule has 2 N–H and O–H groups in total. The Labute approximate surface area is 104 Å². The van der Waals surface area contributed by atoms with Crippen LogP contribution in [0.5, 0.6) is 0 Å². The molecule has 0 fully saturated rings. The maximum Gasteiger partial charge on any atom is 0.319 e. The number of fused-ring (bicyclic) bond motifs is 1. The van der Waals surface area contributed by atoms with Gasteiger partial charge in [-0.1, -0.05) is 18.2 Å². The molecule has 1 heterocycles. The third kappa shape index (κ3) is 2.85. The highest BCUT2D eigenvalue weighted by atomic mass is 35.5. The van der Waals surface area contributed by atoms with Gasteiger partial charge in [0.2, 0.25) is 0 Å². The maximum absolute atomic E-state index is 11.5. The minimum Gasteiger partial charge on any atom is -0.337 e. The third-order valence-electron chi connectivity index (χ3n) is 2.26. The molecule has 0 aliphatic heterocycles. The van der Waals surface area contributed by atoms with Crippen molar-refractivity contribution in [3.8, 4) is 0 Å². The summed E-state index contributed by atoms with van der Waals surface area (Å²) in [4.78, 5) is 15.8. The van der Waals surface area contributed by atoms with Crippen LogP contribution in [0, 0.1) is 0 Å². The number of aromatic nitrogens is 1. The number of para-hydroxylation sites is 1. The van der Waals surface area contributed by atoms with E-state index < -0.39 is 0 Å². The van der Waals surface area contributed by atoms with E-state index in [1.54, 1.807) is 6.20 Å². The number of hydrogen-bond donors (Lipinski definition) is 2. The first kappa shape index (κ1) is 11.7. The summed E-state index contributed by atoms with van der Waals surface area (Å²) in [7, 11) is 0. The molecule has 2 rings (SSSR count). The molecule has 1 aromatic carbocycles. The Kier molecular flexibility index (Phi) is 3.77. The molecule has 0 unspecified atom stereocenters. The van der Waals surface area contributed by atoms with E-state index in [-0.39, 0.29) is 6.03 Å². The van der Waals surface area contributed by atoms with Crippen LogP contribution in [0.4, 0.5) is 10.5 Å². The number of carbonyl (C=O) groups is 1. The van der Waals surface area contributed by atoms with Gasteiger partial charge in [0, 0.05) is 24.0 Å². The predicted molar refractivity (Wildman–Crippen MR) is 69.5 cm³/mol. The molecule has 0 saturated carbocycles. The fraction of sp³-hybridized carbons (Fsp3) is 0.167. The number of carbonyl (C=O) groups excluding carboxylic acids is 1. The molecule has 5 heteroatoms. The van der Waals surface area contributed by atoms with Crippen molar-refractivity contribution in [3.05, 3.63) is 36.5 Å². The number of nitrogens with zero attached hydrogens (tertiary/aromatic N) is 1. The maximum atomic E-state index is 11.5. The number of urea groups is 1. The van der Waals surface area contributed by atoms with Gasteiger partial charge >= 0.3 is 6.03 Å². The van der Waals surface area contributed by atoms with Gasteiger partial charge in [0.05, 0.1) is 11.2 Å². The molecule has 0 radical (unpaired) electrons. The normalized spacial score (nSPS) is 10.2. The minimum absolute atomic E-state index is 0.274. The molecule has 2 aromatic rings. The van der Waals surface area contributed by atoms with Crippen LogP contribution < -0.4 is 10.6 Å². The lowest BCUT2D eigenvalue weighted by Crippen LogP contribution is -2.30. The zero-order valence-corrected chi connectivity index (χ0v) is 9.87. The number of anilines is 1. The zero-order valence-electron chi connectivity index (χ0n) is 9.11. The highest BCUT2D eigenvalue weighted by Crippen LogP contribution is 2.20. The average molecular weight is 250 g/mol. The summed E-state index contributed by atoms with van der Waals surface area (Å²) < 4.78 is 0. The number of amides is 2. The molecule has 88 valence electrons. The van der Waals surface area contributed by atoms with E-state index in [1.165, 1.54) is 0 Å². The Morgan fingerprint density at radius 1 is 1.29 bits per heavy atom. The van der Waals surface area contributed by atoms with Crippen molar-refractivity contribution < 1.29 is 4.79 Å². The summed E-state index contributed by atoms with van der Waals surface area (Å²) in [5.74, 6) is 0.390. The molecule has 1 aromatic heterocycles. The number of nitrogens with one attached hydrogen (secondary N) is 2. The number of alkyl halides is 1. The largest absolute Gasteiger partial charge is 0.337 e. The average Bonchev–Trinajstić information content (AvgIpc) is 2.37. The molecule has 0 aliphatic carbocycles. The quantitative estimate of drug-likeness (QED) is 0.822. The smallest absolute Gasteiger partial charge is 0.319 e. The predicted octanol–water partition coefficient (Wildman–Crippen LogP) is 2.60.